The van der Waals surface area contributed by atoms with E-state index in [1.165, 1.54) is 6.08 Å². The van der Waals surface area contributed by atoms with Gasteiger partial charge in [-0.05, 0) is 47.1 Å². The van der Waals surface area contributed by atoms with Gasteiger partial charge in [-0.25, -0.2) is 0 Å². The maximum absolute atomic E-state index is 12.4. The van der Waals surface area contributed by atoms with E-state index in [-0.39, 0.29) is 17.5 Å². The van der Waals surface area contributed by atoms with E-state index in [4.69, 9.17) is 0 Å². The third-order valence-electron chi connectivity index (χ3n) is 4.30. The molecule has 0 bridgehead atoms. The Labute approximate surface area is 150 Å². The lowest BCUT2D eigenvalue weighted by Gasteiger charge is -2.20. The van der Waals surface area contributed by atoms with Crippen LogP contribution in [-0.2, 0) is 16.9 Å². The van der Waals surface area contributed by atoms with Gasteiger partial charge in [-0.1, -0.05) is 13.5 Å². The van der Waals surface area contributed by atoms with Gasteiger partial charge in [-0.2, -0.15) is 10.2 Å². The van der Waals surface area contributed by atoms with Gasteiger partial charge in [-0.3, -0.25) is 19.1 Å². The Kier molecular flexibility index (Phi) is 5.50. The molecule has 2 rings (SSSR count). The average Bonchev–Trinajstić information content (AvgIpc) is 3.17. The van der Waals surface area contributed by atoms with Crippen molar-refractivity contribution in [3.8, 4) is 0 Å². The van der Waals surface area contributed by atoms with E-state index in [9.17, 15) is 4.79 Å². The van der Waals surface area contributed by atoms with Gasteiger partial charge in [0.05, 0.1) is 18.3 Å². The predicted molar refractivity (Wildman–Crippen MR) is 101 cm³/mol. The van der Waals surface area contributed by atoms with Crippen molar-refractivity contribution in [2.45, 2.75) is 66.1 Å². The minimum Gasteiger partial charge on any atom is -0.287 e. The monoisotopic (exact) mass is 343 g/mol. The Hall–Kier alpha value is -2.37. The largest absolute Gasteiger partial charge is 0.287 e. The van der Waals surface area contributed by atoms with Crippen LogP contribution in [-0.4, -0.2) is 25.5 Å². The summed E-state index contributed by atoms with van der Waals surface area (Å²) in [6.07, 6.45) is 6.08. The van der Waals surface area contributed by atoms with Crippen molar-refractivity contribution in [1.82, 2.24) is 19.6 Å². The number of aryl methyl sites for hydroxylation is 1. The smallest absolute Gasteiger partial charge is 0.251 e. The van der Waals surface area contributed by atoms with Crippen LogP contribution in [0.25, 0.3) is 0 Å². The quantitative estimate of drug-likeness (QED) is 0.749. The zero-order chi connectivity index (χ0) is 18.8. The van der Waals surface area contributed by atoms with E-state index in [1.54, 1.807) is 11.1 Å². The van der Waals surface area contributed by atoms with Gasteiger partial charge in [-0.15, -0.1) is 0 Å². The van der Waals surface area contributed by atoms with Crippen LogP contribution in [0.1, 0.15) is 58.3 Å². The first-order valence-electron chi connectivity index (χ1n) is 8.71. The third kappa shape index (κ3) is 4.18. The molecule has 0 saturated carbocycles. The molecule has 25 heavy (non-hydrogen) atoms. The van der Waals surface area contributed by atoms with Crippen molar-refractivity contribution in [1.29, 1.82) is 0 Å². The second kappa shape index (κ2) is 7.25. The molecule has 136 valence electrons. The molecule has 0 aliphatic rings. The molecule has 0 N–H and O–H groups in total. The van der Waals surface area contributed by atoms with E-state index in [0.29, 0.717) is 12.4 Å². The Morgan fingerprint density at radius 1 is 1.44 bits per heavy atom. The predicted octanol–water partition coefficient (Wildman–Crippen LogP) is 3.83. The Balaban J connectivity index is 2.33. The highest BCUT2D eigenvalue weighted by Crippen LogP contribution is 2.22. The van der Waals surface area contributed by atoms with Crippen LogP contribution >= 0.6 is 0 Å². The summed E-state index contributed by atoms with van der Waals surface area (Å²) >= 11 is 0. The van der Waals surface area contributed by atoms with Gasteiger partial charge >= 0.3 is 0 Å². The summed E-state index contributed by atoms with van der Waals surface area (Å²) in [5, 5.41) is 9.06. The fraction of sp³-hybridized carbons (Fsp3) is 0.526. The number of anilines is 1. The molecule has 2 aromatic heterocycles. The van der Waals surface area contributed by atoms with Gasteiger partial charge < -0.3 is 0 Å². The van der Waals surface area contributed by atoms with Crippen LogP contribution in [0.15, 0.2) is 31.1 Å². The van der Waals surface area contributed by atoms with Crippen LogP contribution in [0.5, 0.6) is 0 Å². The van der Waals surface area contributed by atoms with E-state index < -0.39 is 0 Å². The number of hydrogen-bond acceptors (Lipinski definition) is 3. The molecule has 1 amide bonds. The molecule has 2 heterocycles. The second-order valence-electron chi connectivity index (χ2n) is 7.44. The standard InChI is InChI=1S/C19H29N5O/c1-8-14(3)24-15(4)10-17(21-24)22(18(25)9-2)12-16-11-20-23(13-16)19(5,6)7/h9-11,13-14H,2,8,12H2,1,3-7H3. The van der Waals surface area contributed by atoms with Gasteiger partial charge in [0.2, 0.25) is 0 Å². The molecule has 6 nitrogen and oxygen atoms in total. The fourth-order valence-corrected chi connectivity index (χ4v) is 2.60. The summed E-state index contributed by atoms with van der Waals surface area (Å²) in [6.45, 7) is 16.6. The molecule has 0 spiro atoms. The Morgan fingerprint density at radius 3 is 2.64 bits per heavy atom. The number of carbonyl (C=O) groups excluding carboxylic acids is 1. The molecule has 0 saturated heterocycles. The minimum absolute atomic E-state index is 0.0970. The molecule has 0 aromatic carbocycles. The first-order chi connectivity index (χ1) is 11.7. The molecule has 0 aliphatic heterocycles. The van der Waals surface area contributed by atoms with Crippen LogP contribution in [0.4, 0.5) is 5.82 Å². The van der Waals surface area contributed by atoms with Gasteiger partial charge in [0.15, 0.2) is 5.82 Å². The molecule has 1 unspecified atom stereocenters. The van der Waals surface area contributed by atoms with Crippen LogP contribution in [0.3, 0.4) is 0 Å². The average molecular weight is 343 g/mol. The summed E-state index contributed by atoms with van der Waals surface area (Å²) in [5.41, 5.74) is 1.90. The van der Waals surface area contributed by atoms with Crippen molar-refractivity contribution in [2.24, 2.45) is 0 Å². The van der Waals surface area contributed by atoms with E-state index in [0.717, 1.165) is 17.7 Å². The molecular weight excluding hydrogens is 314 g/mol. The van der Waals surface area contributed by atoms with Crippen LogP contribution < -0.4 is 4.90 Å². The summed E-state index contributed by atoms with van der Waals surface area (Å²) < 4.78 is 3.87. The lowest BCUT2D eigenvalue weighted by atomic mass is 10.1. The van der Waals surface area contributed by atoms with Crippen molar-refractivity contribution < 1.29 is 4.79 Å². The third-order valence-corrected chi connectivity index (χ3v) is 4.30. The highest BCUT2D eigenvalue weighted by molar-refractivity contribution is 6.00. The van der Waals surface area contributed by atoms with Crippen molar-refractivity contribution in [3.05, 3.63) is 42.4 Å². The number of nitrogens with zero attached hydrogens (tertiary/aromatic N) is 5. The lowest BCUT2D eigenvalue weighted by molar-refractivity contribution is -0.114. The van der Waals surface area contributed by atoms with E-state index in [1.807, 2.05) is 28.6 Å². The van der Waals surface area contributed by atoms with Gasteiger partial charge in [0, 0.05) is 29.6 Å². The minimum atomic E-state index is -0.169. The fourth-order valence-electron chi connectivity index (χ4n) is 2.60. The molecular formula is C19H29N5O. The maximum atomic E-state index is 12.4. The van der Waals surface area contributed by atoms with Gasteiger partial charge in [0.1, 0.15) is 0 Å². The second-order valence-corrected chi connectivity index (χ2v) is 7.44. The summed E-state index contributed by atoms with van der Waals surface area (Å²) in [7, 11) is 0. The topological polar surface area (TPSA) is 56.0 Å². The number of amides is 1. The highest BCUT2D eigenvalue weighted by Gasteiger charge is 2.21. The van der Waals surface area contributed by atoms with E-state index >= 15 is 0 Å². The lowest BCUT2D eigenvalue weighted by Crippen LogP contribution is -2.29. The molecule has 0 fully saturated rings. The molecule has 6 heteroatoms. The first kappa shape index (κ1) is 19.0. The SMILES string of the molecule is C=CC(=O)N(Cc1cnn(C(C)(C)C)c1)c1cc(C)n(C(C)CC)n1. The zero-order valence-electron chi connectivity index (χ0n) is 16.2. The summed E-state index contributed by atoms with van der Waals surface area (Å²) in [5.74, 6) is 0.475. The normalized spacial score (nSPS) is 12.9. The van der Waals surface area contributed by atoms with Crippen molar-refractivity contribution in [2.75, 3.05) is 4.90 Å². The zero-order valence-corrected chi connectivity index (χ0v) is 16.2. The highest BCUT2D eigenvalue weighted by atomic mass is 16.2. The Bertz CT molecular complexity index is 750. The van der Waals surface area contributed by atoms with Crippen LogP contribution in [0, 0.1) is 6.92 Å². The summed E-state index contributed by atoms with van der Waals surface area (Å²) in [6, 6.07) is 2.24. The molecule has 0 radical (unpaired) electrons. The van der Waals surface area contributed by atoms with Crippen molar-refractivity contribution >= 4 is 11.7 Å². The maximum Gasteiger partial charge on any atom is 0.251 e. The van der Waals surface area contributed by atoms with E-state index in [2.05, 4.69) is 51.4 Å². The molecule has 1 atom stereocenters. The Morgan fingerprint density at radius 2 is 2.12 bits per heavy atom. The number of hydrogen-bond donors (Lipinski definition) is 0. The number of carbonyl (C=O) groups is 1. The summed E-state index contributed by atoms with van der Waals surface area (Å²) in [4.78, 5) is 14.1. The number of aromatic nitrogens is 4. The number of rotatable bonds is 6. The molecule has 2 aromatic rings. The first-order valence-corrected chi connectivity index (χ1v) is 8.71. The van der Waals surface area contributed by atoms with Crippen LogP contribution in [0.2, 0.25) is 0 Å². The molecule has 0 aliphatic carbocycles. The van der Waals surface area contributed by atoms with Gasteiger partial charge in [0.25, 0.3) is 5.91 Å². The van der Waals surface area contributed by atoms with Crippen molar-refractivity contribution in [3.63, 3.8) is 0 Å².